The zero-order valence-electron chi connectivity index (χ0n) is 15.9. The topological polar surface area (TPSA) is 102 Å². The SMILES string of the molecule is CCCC(=O)OCCNC(=O)OCCSc1ccc(C(=O)C(C)(C)O)cc1. The molecule has 0 bridgehead atoms. The number of esters is 1. The highest BCUT2D eigenvalue weighted by atomic mass is 32.2. The van der Waals surface area contributed by atoms with Gasteiger partial charge in [-0.2, -0.15) is 0 Å². The van der Waals surface area contributed by atoms with E-state index in [0.29, 0.717) is 17.7 Å². The molecule has 0 aliphatic carbocycles. The van der Waals surface area contributed by atoms with Gasteiger partial charge in [0.2, 0.25) is 0 Å². The summed E-state index contributed by atoms with van der Waals surface area (Å²) < 4.78 is 9.94. The van der Waals surface area contributed by atoms with E-state index in [9.17, 15) is 19.5 Å². The molecule has 150 valence electrons. The van der Waals surface area contributed by atoms with Gasteiger partial charge < -0.3 is 19.9 Å². The first kappa shape index (κ1) is 23.0. The van der Waals surface area contributed by atoms with Gasteiger partial charge in [-0.05, 0) is 32.4 Å². The van der Waals surface area contributed by atoms with Crippen molar-refractivity contribution in [3.8, 4) is 0 Å². The summed E-state index contributed by atoms with van der Waals surface area (Å²) in [5.74, 6) is -0.0590. The van der Waals surface area contributed by atoms with Crippen molar-refractivity contribution in [3.63, 3.8) is 0 Å². The second-order valence-corrected chi connectivity index (χ2v) is 7.46. The lowest BCUT2D eigenvalue weighted by atomic mass is 9.97. The molecule has 0 spiro atoms. The van der Waals surface area contributed by atoms with Gasteiger partial charge in [-0.1, -0.05) is 19.1 Å². The van der Waals surface area contributed by atoms with E-state index in [0.717, 1.165) is 11.3 Å². The number of aliphatic hydroxyl groups is 1. The normalized spacial score (nSPS) is 11.0. The Morgan fingerprint density at radius 1 is 1.11 bits per heavy atom. The summed E-state index contributed by atoms with van der Waals surface area (Å²) in [5.41, 5.74) is -0.952. The van der Waals surface area contributed by atoms with Crippen LogP contribution in [0.3, 0.4) is 0 Å². The van der Waals surface area contributed by atoms with Crippen molar-refractivity contribution >= 4 is 29.6 Å². The maximum Gasteiger partial charge on any atom is 0.407 e. The molecule has 0 unspecified atom stereocenters. The summed E-state index contributed by atoms with van der Waals surface area (Å²) in [4.78, 5) is 35.5. The Morgan fingerprint density at radius 3 is 2.37 bits per heavy atom. The lowest BCUT2D eigenvalue weighted by Gasteiger charge is -2.15. The fourth-order valence-electron chi connectivity index (χ4n) is 1.99. The standard InChI is InChI=1S/C19H27NO6S/c1-4-5-16(21)25-11-10-20-18(23)26-12-13-27-15-8-6-14(7-9-15)17(22)19(2,3)24/h6-9,24H,4-5,10-13H2,1-3H3,(H,20,23). The Balaban J connectivity index is 2.19. The second kappa shape index (κ2) is 11.6. The fourth-order valence-corrected chi connectivity index (χ4v) is 2.73. The molecule has 7 nitrogen and oxygen atoms in total. The Bertz CT molecular complexity index is 624. The molecule has 1 amide bonds. The molecule has 0 atom stereocenters. The van der Waals surface area contributed by atoms with Crippen LogP contribution < -0.4 is 5.32 Å². The summed E-state index contributed by atoms with van der Waals surface area (Å²) >= 11 is 1.48. The molecular formula is C19H27NO6S. The quantitative estimate of drug-likeness (QED) is 0.256. The predicted molar refractivity (Wildman–Crippen MR) is 103 cm³/mol. The van der Waals surface area contributed by atoms with Gasteiger partial charge >= 0.3 is 12.1 Å². The molecular weight excluding hydrogens is 370 g/mol. The molecule has 1 aromatic carbocycles. The van der Waals surface area contributed by atoms with Crippen LogP contribution in [0.1, 0.15) is 44.0 Å². The summed E-state index contributed by atoms with van der Waals surface area (Å²) in [7, 11) is 0. The van der Waals surface area contributed by atoms with Gasteiger partial charge in [0.05, 0.1) is 6.54 Å². The van der Waals surface area contributed by atoms with Crippen LogP contribution in [0.4, 0.5) is 4.79 Å². The van der Waals surface area contributed by atoms with Crippen LogP contribution in [0.15, 0.2) is 29.2 Å². The first-order valence-electron chi connectivity index (χ1n) is 8.80. The number of carbonyl (C=O) groups is 3. The third kappa shape index (κ3) is 9.44. The predicted octanol–water partition coefficient (Wildman–Crippen LogP) is 2.80. The van der Waals surface area contributed by atoms with Crippen LogP contribution in [-0.2, 0) is 14.3 Å². The summed E-state index contributed by atoms with van der Waals surface area (Å²) in [6, 6.07) is 6.90. The third-order valence-corrected chi connectivity index (χ3v) is 4.32. The Morgan fingerprint density at radius 2 is 1.78 bits per heavy atom. The monoisotopic (exact) mass is 397 g/mol. The number of ether oxygens (including phenoxy) is 2. The first-order chi connectivity index (χ1) is 12.7. The minimum atomic E-state index is -1.40. The van der Waals surface area contributed by atoms with Crippen LogP contribution in [0, 0.1) is 0 Å². The van der Waals surface area contributed by atoms with Crippen LogP contribution in [0.2, 0.25) is 0 Å². The highest BCUT2D eigenvalue weighted by Gasteiger charge is 2.24. The van der Waals surface area contributed by atoms with Gasteiger partial charge in [-0.25, -0.2) is 4.79 Å². The fraction of sp³-hybridized carbons (Fsp3) is 0.526. The number of Topliss-reactive ketones (excluding diaryl/α,β-unsaturated/α-hetero) is 1. The molecule has 1 rings (SSSR count). The Kier molecular flexibility index (Phi) is 9.88. The van der Waals surface area contributed by atoms with E-state index >= 15 is 0 Å². The highest BCUT2D eigenvalue weighted by molar-refractivity contribution is 7.99. The van der Waals surface area contributed by atoms with Gasteiger partial charge in [0, 0.05) is 22.6 Å². The molecule has 0 saturated carbocycles. The van der Waals surface area contributed by atoms with Gasteiger partial charge in [0.25, 0.3) is 0 Å². The Labute approximate surface area is 163 Å². The molecule has 0 heterocycles. The zero-order valence-corrected chi connectivity index (χ0v) is 16.8. The number of alkyl carbamates (subject to hydrolysis) is 1. The number of benzene rings is 1. The van der Waals surface area contributed by atoms with Crippen molar-refractivity contribution in [2.24, 2.45) is 0 Å². The van der Waals surface area contributed by atoms with E-state index in [2.05, 4.69) is 5.32 Å². The van der Waals surface area contributed by atoms with E-state index in [1.54, 1.807) is 24.3 Å². The van der Waals surface area contributed by atoms with Crippen molar-refractivity contribution in [2.45, 2.75) is 44.1 Å². The smallest absolute Gasteiger partial charge is 0.407 e. The molecule has 8 heteroatoms. The number of amides is 1. The Hall–Kier alpha value is -2.06. The van der Waals surface area contributed by atoms with Gasteiger partial charge in [0.1, 0.15) is 18.8 Å². The number of thioether (sulfide) groups is 1. The van der Waals surface area contributed by atoms with Crippen molar-refractivity contribution < 1.29 is 29.0 Å². The summed E-state index contributed by atoms with van der Waals surface area (Å²) in [6.07, 6.45) is 0.534. The number of nitrogens with one attached hydrogen (secondary N) is 1. The lowest BCUT2D eigenvalue weighted by molar-refractivity contribution is -0.143. The van der Waals surface area contributed by atoms with Crippen LogP contribution >= 0.6 is 11.8 Å². The van der Waals surface area contributed by atoms with Gasteiger partial charge in [-0.3, -0.25) is 9.59 Å². The minimum absolute atomic E-state index is 0.123. The van der Waals surface area contributed by atoms with Gasteiger partial charge in [0.15, 0.2) is 5.78 Å². The molecule has 0 fully saturated rings. The number of hydrogen-bond donors (Lipinski definition) is 2. The number of rotatable bonds is 11. The average molecular weight is 397 g/mol. The maximum atomic E-state index is 11.9. The van der Waals surface area contributed by atoms with E-state index < -0.39 is 11.7 Å². The van der Waals surface area contributed by atoms with E-state index in [1.165, 1.54) is 25.6 Å². The van der Waals surface area contributed by atoms with E-state index in [1.807, 2.05) is 6.92 Å². The van der Waals surface area contributed by atoms with Crippen molar-refractivity contribution in [1.82, 2.24) is 5.32 Å². The van der Waals surface area contributed by atoms with Crippen LogP contribution in [0.25, 0.3) is 0 Å². The number of hydrogen-bond acceptors (Lipinski definition) is 7. The van der Waals surface area contributed by atoms with Crippen molar-refractivity contribution in [3.05, 3.63) is 29.8 Å². The molecule has 2 N–H and O–H groups in total. The first-order valence-corrected chi connectivity index (χ1v) is 9.79. The molecule has 0 aliphatic heterocycles. The summed E-state index contributed by atoms with van der Waals surface area (Å²) in [5, 5.41) is 12.2. The minimum Gasteiger partial charge on any atom is -0.464 e. The largest absolute Gasteiger partial charge is 0.464 e. The van der Waals surface area contributed by atoms with E-state index in [-0.39, 0.29) is 31.5 Å². The third-order valence-electron chi connectivity index (χ3n) is 3.35. The lowest BCUT2D eigenvalue weighted by Crippen LogP contribution is -2.30. The maximum absolute atomic E-state index is 11.9. The van der Waals surface area contributed by atoms with Gasteiger partial charge in [-0.15, -0.1) is 11.8 Å². The van der Waals surface area contributed by atoms with Crippen molar-refractivity contribution in [2.75, 3.05) is 25.5 Å². The van der Waals surface area contributed by atoms with Crippen molar-refractivity contribution in [1.29, 1.82) is 0 Å². The molecule has 0 radical (unpaired) electrons. The number of ketones is 1. The molecule has 0 aromatic heterocycles. The van der Waals surface area contributed by atoms with Crippen LogP contribution in [0.5, 0.6) is 0 Å². The average Bonchev–Trinajstić information content (AvgIpc) is 2.62. The molecule has 1 aromatic rings. The van der Waals surface area contributed by atoms with Crippen LogP contribution in [-0.4, -0.2) is 54.1 Å². The zero-order chi connectivity index (χ0) is 20.3. The highest BCUT2D eigenvalue weighted by Crippen LogP contribution is 2.20. The second-order valence-electron chi connectivity index (χ2n) is 6.29. The number of carbonyl (C=O) groups excluding carboxylic acids is 3. The molecule has 27 heavy (non-hydrogen) atoms. The molecule has 0 aliphatic rings. The van der Waals surface area contributed by atoms with E-state index in [4.69, 9.17) is 9.47 Å². The summed E-state index contributed by atoms with van der Waals surface area (Å²) in [6.45, 7) is 5.34. The molecule has 0 saturated heterocycles.